The van der Waals surface area contributed by atoms with Crippen LogP contribution in [0.2, 0.25) is 0 Å². The Balaban J connectivity index is 1.23. The number of fused-ring (bicyclic) bond motifs is 2. The van der Waals surface area contributed by atoms with Crippen LogP contribution in [0.4, 0.5) is 0 Å². The van der Waals surface area contributed by atoms with E-state index in [1.807, 2.05) is 6.07 Å². The van der Waals surface area contributed by atoms with Crippen LogP contribution >= 0.6 is 11.3 Å². The summed E-state index contributed by atoms with van der Waals surface area (Å²) in [5.74, 6) is 2.85. The van der Waals surface area contributed by atoms with Crippen molar-refractivity contribution in [1.82, 2.24) is 45.6 Å². The molecule has 0 aromatic carbocycles. The number of hydrogen-bond donors (Lipinski definition) is 2. The van der Waals surface area contributed by atoms with Gasteiger partial charge in [-0.3, -0.25) is 9.69 Å². The van der Waals surface area contributed by atoms with Crippen molar-refractivity contribution in [2.75, 3.05) is 6.54 Å². The lowest BCUT2D eigenvalue weighted by Gasteiger charge is -2.40. The highest BCUT2D eigenvalue weighted by atomic mass is 32.1. The fraction of sp³-hybridized carbons (Fsp3) is 0.652. The minimum absolute atomic E-state index is 0.0100. The Labute approximate surface area is 203 Å². The molecule has 11 heteroatoms. The van der Waals surface area contributed by atoms with Crippen molar-refractivity contribution < 1.29 is 4.79 Å². The SMILES string of the molecule is Cc1nnc(C(C)C)n1C1C[C@H]2CC[C@@H](C1)N2CC[C@H](NC(=O)Cc1nn[nH]n1)c1cccs1. The van der Waals surface area contributed by atoms with Crippen molar-refractivity contribution in [3.8, 4) is 0 Å². The number of piperidine rings is 1. The van der Waals surface area contributed by atoms with Crippen molar-refractivity contribution in [3.63, 3.8) is 0 Å². The number of aryl methyl sites for hydroxylation is 1. The highest BCUT2D eigenvalue weighted by molar-refractivity contribution is 7.10. The third-order valence-corrected chi connectivity index (χ3v) is 8.23. The number of tetrazole rings is 1. The molecule has 1 amide bonds. The molecule has 0 radical (unpaired) electrons. The summed E-state index contributed by atoms with van der Waals surface area (Å²) in [4.78, 5) is 16.5. The average molecular weight is 484 g/mol. The second-order valence-corrected chi connectivity index (χ2v) is 10.8. The number of amides is 1. The average Bonchev–Trinajstić information content (AvgIpc) is 3.60. The van der Waals surface area contributed by atoms with Gasteiger partial charge in [-0.05, 0) is 50.5 Å². The third kappa shape index (κ3) is 4.76. The zero-order valence-electron chi connectivity index (χ0n) is 20.0. The van der Waals surface area contributed by atoms with Crippen LogP contribution in [-0.2, 0) is 11.2 Å². The van der Waals surface area contributed by atoms with E-state index in [2.05, 4.69) is 77.8 Å². The van der Waals surface area contributed by atoms with Crippen LogP contribution in [0, 0.1) is 6.92 Å². The van der Waals surface area contributed by atoms with Crippen LogP contribution in [0.25, 0.3) is 0 Å². The summed E-state index contributed by atoms with van der Waals surface area (Å²) >= 11 is 1.69. The summed E-state index contributed by atoms with van der Waals surface area (Å²) in [6.45, 7) is 7.45. The minimum atomic E-state index is -0.0780. The van der Waals surface area contributed by atoms with Gasteiger partial charge in [0, 0.05) is 35.5 Å². The summed E-state index contributed by atoms with van der Waals surface area (Å²) < 4.78 is 2.40. The zero-order chi connectivity index (χ0) is 23.7. The van der Waals surface area contributed by atoms with Gasteiger partial charge in [0.2, 0.25) is 5.91 Å². The molecule has 2 fully saturated rings. The topological polar surface area (TPSA) is 118 Å². The molecule has 4 atom stereocenters. The van der Waals surface area contributed by atoms with Crippen molar-refractivity contribution in [2.45, 2.75) is 89.4 Å². The molecule has 0 spiro atoms. The Bertz CT molecular complexity index is 1060. The molecule has 0 aliphatic carbocycles. The maximum absolute atomic E-state index is 12.6. The van der Waals surface area contributed by atoms with Gasteiger partial charge in [-0.15, -0.1) is 31.7 Å². The largest absolute Gasteiger partial charge is 0.348 e. The summed E-state index contributed by atoms with van der Waals surface area (Å²) in [5.41, 5.74) is 0. The number of nitrogens with zero attached hydrogens (tertiary/aromatic N) is 7. The number of hydrogen-bond acceptors (Lipinski definition) is 8. The van der Waals surface area contributed by atoms with Gasteiger partial charge in [-0.2, -0.15) is 5.21 Å². The number of aromatic amines is 1. The Morgan fingerprint density at radius 1 is 1.21 bits per heavy atom. The number of carbonyl (C=O) groups is 1. The number of aromatic nitrogens is 7. The van der Waals surface area contributed by atoms with E-state index in [1.165, 1.54) is 17.7 Å². The summed E-state index contributed by atoms with van der Waals surface area (Å²) in [6.07, 6.45) is 5.79. The quantitative estimate of drug-likeness (QED) is 0.480. The molecule has 10 nitrogen and oxygen atoms in total. The fourth-order valence-corrected chi connectivity index (χ4v) is 6.56. The molecule has 2 saturated heterocycles. The van der Waals surface area contributed by atoms with Gasteiger partial charge in [0.15, 0.2) is 5.82 Å². The van der Waals surface area contributed by atoms with E-state index in [4.69, 9.17) is 0 Å². The first-order chi connectivity index (χ1) is 16.5. The Kier molecular flexibility index (Phi) is 6.73. The van der Waals surface area contributed by atoms with Crippen LogP contribution in [0.5, 0.6) is 0 Å². The molecule has 2 N–H and O–H groups in total. The Morgan fingerprint density at radius 3 is 2.65 bits per heavy atom. The molecule has 2 aliphatic rings. The van der Waals surface area contributed by atoms with E-state index in [1.54, 1.807) is 11.3 Å². The summed E-state index contributed by atoms with van der Waals surface area (Å²) in [7, 11) is 0. The number of nitrogens with one attached hydrogen (secondary N) is 2. The zero-order valence-corrected chi connectivity index (χ0v) is 20.8. The van der Waals surface area contributed by atoms with Crippen LogP contribution in [-0.4, -0.2) is 64.8 Å². The van der Waals surface area contributed by atoms with Crippen LogP contribution in [0.1, 0.15) is 86.3 Å². The van der Waals surface area contributed by atoms with Gasteiger partial charge in [-0.25, -0.2) is 0 Å². The van der Waals surface area contributed by atoms with E-state index >= 15 is 0 Å². The first-order valence-corrected chi connectivity index (χ1v) is 13.1. The normalized spacial score (nSPS) is 23.5. The monoisotopic (exact) mass is 483 g/mol. The van der Waals surface area contributed by atoms with Gasteiger partial charge >= 0.3 is 0 Å². The van der Waals surface area contributed by atoms with E-state index < -0.39 is 0 Å². The van der Waals surface area contributed by atoms with E-state index in [-0.39, 0.29) is 18.4 Å². The molecule has 5 heterocycles. The number of thiophene rings is 1. The lowest BCUT2D eigenvalue weighted by molar-refractivity contribution is -0.121. The molecule has 3 aromatic rings. The lowest BCUT2D eigenvalue weighted by atomic mass is 9.95. The number of carbonyl (C=O) groups excluding carboxylic acids is 1. The molecule has 0 saturated carbocycles. The van der Waals surface area contributed by atoms with Crippen LogP contribution < -0.4 is 5.32 Å². The molecule has 1 unspecified atom stereocenters. The maximum Gasteiger partial charge on any atom is 0.228 e. The molecule has 5 rings (SSSR count). The van der Waals surface area contributed by atoms with E-state index in [9.17, 15) is 4.79 Å². The van der Waals surface area contributed by atoms with Crippen LogP contribution in [0.15, 0.2) is 17.5 Å². The molecule has 3 aromatic heterocycles. The predicted molar refractivity (Wildman–Crippen MR) is 128 cm³/mol. The molecule has 34 heavy (non-hydrogen) atoms. The van der Waals surface area contributed by atoms with Crippen molar-refractivity contribution in [3.05, 3.63) is 39.9 Å². The molecular formula is C23H33N9OS. The third-order valence-electron chi connectivity index (χ3n) is 7.24. The molecular weight excluding hydrogens is 450 g/mol. The standard InChI is InChI=1S/C23H33N9OS/c1-14(2)23-28-25-15(3)32(23)18-11-16-6-7-17(12-18)31(16)9-8-19(20-5-4-10-34-20)24-22(33)13-21-26-29-30-27-21/h4-5,10,14,16-19H,6-9,11-13H2,1-3H3,(H,24,33)(H,26,27,29,30)/t16-,17+,18?,19-/m0/s1. The summed E-state index contributed by atoms with van der Waals surface area (Å²) in [6, 6.07) is 5.76. The molecule has 2 bridgehead atoms. The second kappa shape index (κ2) is 9.91. The Morgan fingerprint density at radius 2 is 2.00 bits per heavy atom. The van der Waals surface area contributed by atoms with Gasteiger partial charge in [0.05, 0.1) is 12.5 Å². The highest BCUT2D eigenvalue weighted by Gasteiger charge is 2.42. The fourth-order valence-electron chi connectivity index (χ4n) is 5.75. The predicted octanol–water partition coefficient (Wildman–Crippen LogP) is 2.94. The second-order valence-electron chi connectivity index (χ2n) is 9.81. The maximum atomic E-state index is 12.6. The number of H-pyrrole nitrogens is 1. The highest BCUT2D eigenvalue weighted by Crippen LogP contribution is 2.42. The first-order valence-electron chi connectivity index (χ1n) is 12.2. The first kappa shape index (κ1) is 23.1. The van der Waals surface area contributed by atoms with Gasteiger partial charge < -0.3 is 9.88 Å². The summed E-state index contributed by atoms with van der Waals surface area (Å²) in [5, 5.41) is 27.9. The van der Waals surface area contributed by atoms with Gasteiger partial charge in [0.1, 0.15) is 11.6 Å². The van der Waals surface area contributed by atoms with Crippen molar-refractivity contribution >= 4 is 17.2 Å². The van der Waals surface area contributed by atoms with E-state index in [0.29, 0.717) is 29.9 Å². The van der Waals surface area contributed by atoms with Crippen molar-refractivity contribution in [1.29, 1.82) is 0 Å². The van der Waals surface area contributed by atoms with Gasteiger partial charge in [0.25, 0.3) is 0 Å². The Hall–Kier alpha value is -2.66. The smallest absolute Gasteiger partial charge is 0.228 e. The molecule has 182 valence electrons. The minimum Gasteiger partial charge on any atom is -0.348 e. The van der Waals surface area contributed by atoms with Gasteiger partial charge in [-0.1, -0.05) is 25.1 Å². The number of rotatable bonds is 9. The lowest BCUT2D eigenvalue weighted by Crippen LogP contribution is -2.45. The van der Waals surface area contributed by atoms with Crippen molar-refractivity contribution in [2.24, 2.45) is 0 Å². The van der Waals surface area contributed by atoms with Crippen LogP contribution in [0.3, 0.4) is 0 Å². The van der Waals surface area contributed by atoms with E-state index in [0.717, 1.165) is 37.5 Å². The molecule has 2 aliphatic heterocycles.